The third-order valence-electron chi connectivity index (χ3n) is 3.16. The molecule has 0 aliphatic heterocycles. The quantitative estimate of drug-likeness (QED) is 0.859. The largest absolute Gasteiger partial charge is 0.352 e. The molecule has 0 aliphatic rings. The van der Waals surface area contributed by atoms with Gasteiger partial charge in [0.2, 0.25) is 0 Å². The summed E-state index contributed by atoms with van der Waals surface area (Å²) >= 11 is 0. The van der Waals surface area contributed by atoms with Crippen LogP contribution < -0.4 is 5.32 Å². The number of rotatable bonds is 2. The lowest BCUT2D eigenvalue weighted by Gasteiger charge is -2.08. The number of fused-ring (bicyclic) bond motifs is 1. The van der Waals surface area contributed by atoms with E-state index in [0.717, 1.165) is 22.6 Å². The molecule has 0 bridgehead atoms. The number of hydrogen-bond donors (Lipinski definition) is 1. The smallest absolute Gasteiger partial charge is 0.255 e. The van der Waals surface area contributed by atoms with E-state index in [2.05, 4.69) is 10.3 Å². The van der Waals surface area contributed by atoms with Crippen LogP contribution >= 0.6 is 0 Å². The highest BCUT2D eigenvalue weighted by atomic mass is 16.1. The van der Waals surface area contributed by atoms with Gasteiger partial charge in [0.1, 0.15) is 5.65 Å². The average molecular weight is 231 g/mol. The van der Waals surface area contributed by atoms with Crippen LogP contribution in [0.4, 0.5) is 0 Å². The second kappa shape index (κ2) is 4.20. The number of aryl methyl sites for hydroxylation is 2. The summed E-state index contributed by atoms with van der Waals surface area (Å²) in [5, 5.41) is 2.80. The number of aromatic nitrogens is 2. The van der Waals surface area contributed by atoms with Gasteiger partial charge in [0.05, 0.1) is 5.56 Å². The van der Waals surface area contributed by atoms with Crippen molar-refractivity contribution in [3.05, 3.63) is 34.8 Å². The normalized spacial score (nSPS) is 10.8. The van der Waals surface area contributed by atoms with Crippen molar-refractivity contribution in [2.75, 3.05) is 6.54 Å². The highest BCUT2D eigenvalue weighted by Crippen LogP contribution is 2.17. The van der Waals surface area contributed by atoms with Gasteiger partial charge in [-0.25, -0.2) is 4.98 Å². The summed E-state index contributed by atoms with van der Waals surface area (Å²) in [6, 6.07) is 1.82. The molecule has 2 rings (SSSR count). The number of nitrogens with zero attached hydrogens (tertiary/aromatic N) is 2. The standard InChI is InChI=1S/C13H17N3O/c1-5-14-13(17)11-6-7-16-10(4)8(2)9(3)15-12(11)16/h6-7H,5H2,1-4H3,(H,14,17). The first-order valence-corrected chi connectivity index (χ1v) is 5.79. The predicted molar refractivity (Wildman–Crippen MR) is 67.4 cm³/mol. The van der Waals surface area contributed by atoms with Gasteiger partial charge in [-0.2, -0.15) is 0 Å². The van der Waals surface area contributed by atoms with Crippen molar-refractivity contribution in [2.24, 2.45) is 0 Å². The third-order valence-corrected chi connectivity index (χ3v) is 3.16. The van der Waals surface area contributed by atoms with E-state index in [1.54, 1.807) is 0 Å². The molecule has 90 valence electrons. The first-order valence-electron chi connectivity index (χ1n) is 5.79. The Morgan fingerprint density at radius 3 is 2.76 bits per heavy atom. The Labute approximate surface area is 101 Å². The lowest BCUT2D eigenvalue weighted by molar-refractivity contribution is 0.0957. The van der Waals surface area contributed by atoms with Gasteiger partial charge in [0.15, 0.2) is 0 Å². The lowest BCUT2D eigenvalue weighted by Crippen LogP contribution is -2.22. The van der Waals surface area contributed by atoms with Gasteiger partial charge in [-0.15, -0.1) is 0 Å². The number of hydrogen-bond acceptors (Lipinski definition) is 2. The molecule has 0 saturated carbocycles. The fraction of sp³-hybridized carbons (Fsp3) is 0.385. The van der Waals surface area contributed by atoms with Crippen molar-refractivity contribution in [1.29, 1.82) is 0 Å². The molecule has 0 unspecified atom stereocenters. The highest BCUT2D eigenvalue weighted by molar-refractivity contribution is 6.00. The van der Waals surface area contributed by atoms with E-state index in [1.165, 1.54) is 0 Å². The minimum Gasteiger partial charge on any atom is -0.352 e. The van der Waals surface area contributed by atoms with Crippen LogP contribution in [0.25, 0.3) is 5.65 Å². The lowest BCUT2D eigenvalue weighted by atomic mass is 10.2. The molecule has 4 nitrogen and oxygen atoms in total. The molecule has 0 aliphatic carbocycles. The summed E-state index contributed by atoms with van der Waals surface area (Å²) in [5.41, 5.74) is 4.63. The molecule has 1 N–H and O–H groups in total. The van der Waals surface area contributed by atoms with E-state index in [-0.39, 0.29) is 5.91 Å². The van der Waals surface area contributed by atoms with Crippen LogP contribution in [0.3, 0.4) is 0 Å². The molecule has 0 aromatic carbocycles. The SMILES string of the molecule is CCNC(=O)c1ccn2c(C)c(C)c(C)nc12. The van der Waals surface area contributed by atoms with Gasteiger partial charge in [-0.05, 0) is 39.3 Å². The topological polar surface area (TPSA) is 46.4 Å². The zero-order valence-corrected chi connectivity index (χ0v) is 10.7. The summed E-state index contributed by atoms with van der Waals surface area (Å²) in [6.45, 7) is 8.59. The molecular formula is C13H17N3O. The van der Waals surface area contributed by atoms with Crippen LogP contribution in [-0.4, -0.2) is 21.8 Å². The zero-order valence-electron chi connectivity index (χ0n) is 10.7. The fourth-order valence-electron chi connectivity index (χ4n) is 1.93. The monoisotopic (exact) mass is 231 g/mol. The van der Waals surface area contributed by atoms with E-state index in [9.17, 15) is 4.79 Å². The van der Waals surface area contributed by atoms with Crippen LogP contribution in [0.2, 0.25) is 0 Å². The Balaban J connectivity index is 2.65. The minimum atomic E-state index is -0.0647. The molecular weight excluding hydrogens is 214 g/mol. The van der Waals surface area contributed by atoms with Crippen molar-refractivity contribution in [1.82, 2.24) is 14.7 Å². The maximum Gasteiger partial charge on any atom is 0.255 e. The Morgan fingerprint density at radius 2 is 2.12 bits per heavy atom. The van der Waals surface area contributed by atoms with Gasteiger partial charge < -0.3 is 9.72 Å². The summed E-state index contributed by atoms with van der Waals surface area (Å²) in [4.78, 5) is 16.4. The molecule has 0 saturated heterocycles. The van der Waals surface area contributed by atoms with E-state index in [0.29, 0.717) is 12.1 Å². The number of nitrogens with one attached hydrogen (secondary N) is 1. The molecule has 0 fully saturated rings. The van der Waals surface area contributed by atoms with Gasteiger partial charge in [-0.3, -0.25) is 4.79 Å². The summed E-state index contributed by atoms with van der Waals surface area (Å²) in [7, 11) is 0. The second-order valence-electron chi connectivity index (χ2n) is 4.19. The number of carbonyl (C=O) groups is 1. The van der Waals surface area contributed by atoms with Crippen LogP contribution in [0.15, 0.2) is 12.3 Å². The Morgan fingerprint density at radius 1 is 1.41 bits per heavy atom. The number of amides is 1. The van der Waals surface area contributed by atoms with Crippen molar-refractivity contribution in [3.8, 4) is 0 Å². The van der Waals surface area contributed by atoms with Crippen molar-refractivity contribution >= 4 is 11.6 Å². The predicted octanol–water partition coefficient (Wildman–Crippen LogP) is 2.01. The molecule has 17 heavy (non-hydrogen) atoms. The van der Waals surface area contributed by atoms with E-state index in [1.807, 2.05) is 44.4 Å². The van der Waals surface area contributed by atoms with Crippen LogP contribution in [0.5, 0.6) is 0 Å². The molecule has 2 heterocycles. The fourth-order valence-corrected chi connectivity index (χ4v) is 1.93. The molecule has 2 aromatic heterocycles. The second-order valence-corrected chi connectivity index (χ2v) is 4.19. The molecule has 2 aromatic rings. The molecule has 0 atom stereocenters. The Kier molecular flexibility index (Phi) is 2.88. The summed E-state index contributed by atoms with van der Waals surface area (Å²) in [5.74, 6) is -0.0647. The molecule has 4 heteroatoms. The minimum absolute atomic E-state index is 0.0647. The number of carbonyl (C=O) groups excluding carboxylic acids is 1. The zero-order chi connectivity index (χ0) is 12.6. The van der Waals surface area contributed by atoms with Crippen LogP contribution in [0.1, 0.15) is 34.2 Å². The summed E-state index contributed by atoms with van der Waals surface area (Å²) < 4.78 is 1.97. The van der Waals surface area contributed by atoms with Crippen molar-refractivity contribution in [2.45, 2.75) is 27.7 Å². The van der Waals surface area contributed by atoms with E-state index in [4.69, 9.17) is 0 Å². The maximum absolute atomic E-state index is 11.9. The van der Waals surface area contributed by atoms with Gasteiger partial charge >= 0.3 is 0 Å². The van der Waals surface area contributed by atoms with Crippen molar-refractivity contribution < 1.29 is 4.79 Å². The van der Waals surface area contributed by atoms with E-state index < -0.39 is 0 Å². The summed E-state index contributed by atoms with van der Waals surface area (Å²) in [6.07, 6.45) is 1.90. The third kappa shape index (κ3) is 1.79. The average Bonchev–Trinajstić information content (AvgIpc) is 2.70. The highest BCUT2D eigenvalue weighted by Gasteiger charge is 2.14. The van der Waals surface area contributed by atoms with E-state index >= 15 is 0 Å². The van der Waals surface area contributed by atoms with Gasteiger partial charge in [0.25, 0.3) is 5.91 Å². The first kappa shape index (κ1) is 11.6. The van der Waals surface area contributed by atoms with Crippen LogP contribution in [0, 0.1) is 20.8 Å². The Hall–Kier alpha value is -1.84. The molecule has 1 amide bonds. The Bertz CT molecular complexity index is 584. The maximum atomic E-state index is 11.9. The molecule has 0 spiro atoms. The van der Waals surface area contributed by atoms with Crippen LogP contribution in [-0.2, 0) is 0 Å². The first-order chi connectivity index (χ1) is 8.06. The van der Waals surface area contributed by atoms with Crippen molar-refractivity contribution in [3.63, 3.8) is 0 Å². The molecule has 0 radical (unpaired) electrons. The van der Waals surface area contributed by atoms with Gasteiger partial charge in [-0.1, -0.05) is 0 Å². The van der Waals surface area contributed by atoms with Gasteiger partial charge in [0, 0.05) is 24.1 Å².